The number of rotatable bonds is 3. The second kappa shape index (κ2) is 4.16. The van der Waals surface area contributed by atoms with Gasteiger partial charge in [-0.2, -0.15) is 0 Å². The third kappa shape index (κ3) is 2.37. The maximum Gasteiger partial charge on any atom is 0.307 e. The topological polar surface area (TPSA) is 37.3 Å². The minimum Gasteiger partial charge on any atom is -0.481 e. The lowest BCUT2D eigenvalue weighted by Crippen LogP contribution is -2.21. The standard InChI is InChI=1S/C12H20O2/c1-9-7-8-10(12(9,2)3)5-4-6-11(13)14/h4-5,9-10H,6-8H2,1-3H3,(H,13,14)/b5-4+. The summed E-state index contributed by atoms with van der Waals surface area (Å²) in [5.41, 5.74) is 0.328. The van der Waals surface area contributed by atoms with Gasteiger partial charge in [-0.25, -0.2) is 0 Å². The first-order valence-corrected chi connectivity index (χ1v) is 5.33. The van der Waals surface area contributed by atoms with E-state index in [0.717, 1.165) is 5.92 Å². The molecule has 0 radical (unpaired) electrons. The SMILES string of the molecule is CC1CCC(/C=C/CC(=O)O)C1(C)C. The lowest BCUT2D eigenvalue weighted by atomic mass is 9.76. The third-order valence-corrected chi connectivity index (χ3v) is 3.80. The molecule has 1 fully saturated rings. The molecule has 80 valence electrons. The Morgan fingerprint density at radius 2 is 2.14 bits per heavy atom. The van der Waals surface area contributed by atoms with Gasteiger partial charge in [0.25, 0.3) is 0 Å². The molecular weight excluding hydrogens is 176 g/mol. The van der Waals surface area contributed by atoms with Gasteiger partial charge in [-0.1, -0.05) is 32.9 Å². The average molecular weight is 196 g/mol. The van der Waals surface area contributed by atoms with Crippen LogP contribution >= 0.6 is 0 Å². The smallest absolute Gasteiger partial charge is 0.307 e. The Hall–Kier alpha value is -0.790. The molecule has 1 aliphatic carbocycles. The quantitative estimate of drug-likeness (QED) is 0.704. The molecule has 14 heavy (non-hydrogen) atoms. The highest BCUT2D eigenvalue weighted by atomic mass is 16.4. The lowest BCUT2D eigenvalue weighted by molar-refractivity contribution is -0.136. The van der Waals surface area contributed by atoms with Crippen molar-refractivity contribution in [2.45, 2.75) is 40.0 Å². The van der Waals surface area contributed by atoms with Crippen molar-refractivity contribution in [3.63, 3.8) is 0 Å². The normalized spacial score (nSPS) is 31.1. The molecule has 2 heteroatoms. The van der Waals surface area contributed by atoms with E-state index in [1.54, 1.807) is 6.08 Å². The van der Waals surface area contributed by atoms with Gasteiger partial charge in [0.15, 0.2) is 0 Å². The lowest BCUT2D eigenvalue weighted by Gasteiger charge is -2.29. The fraction of sp³-hybridized carbons (Fsp3) is 0.750. The zero-order valence-electron chi connectivity index (χ0n) is 9.29. The van der Waals surface area contributed by atoms with Gasteiger partial charge >= 0.3 is 5.97 Å². The summed E-state index contributed by atoms with van der Waals surface area (Å²) in [5, 5.41) is 8.52. The van der Waals surface area contributed by atoms with Crippen LogP contribution in [0.3, 0.4) is 0 Å². The Kier molecular flexibility index (Phi) is 3.35. The Labute approximate surface area is 86.0 Å². The van der Waals surface area contributed by atoms with Crippen molar-refractivity contribution < 1.29 is 9.90 Å². The third-order valence-electron chi connectivity index (χ3n) is 3.80. The van der Waals surface area contributed by atoms with Gasteiger partial charge in [-0.05, 0) is 30.1 Å². The van der Waals surface area contributed by atoms with Crippen LogP contribution in [0.4, 0.5) is 0 Å². The fourth-order valence-corrected chi connectivity index (χ4v) is 2.22. The Morgan fingerprint density at radius 3 is 2.57 bits per heavy atom. The van der Waals surface area contributed by atoms with Crippen LogP contribution in [-0.2, 0) is 4.79 Å². The van der Waals surface area contributed by atoms with Crippen LogP contribution in [0, 0.1) is 17.3 Å². The number of hydrogen-bond donors (Lipinski definition) is 1. The van der Waals surface area contributed by atoms with Crippen molar-refractivity contribution in [1.82, 2.24) is 0 Å². The Bertz CT molecular complexity index is 241. The predicted octanol–water partition coefficient (Wildman–Crippen LogP) is 3.09. The highest BCUT2D eigenvalue weighted by Gasteiger charge is 2.38. The molecular formula is C12H20O2. The zero-order valence-corrected chi connectivity index (χ0v) is 9.29. The van der Waals surface area contributed by atoms with Crippen LogP contribution in [0.25, 0.3) is 0 Å². The summed E-state index contributed by atoms with van der Waals surface area (Å²) in [6, 6.07) is 0. The summed E-state index contributed by atoms with van der Waals surface area (Å²) < 4.78 is 0. The van der Waals surface area contributed by atoms with E-state index < -0.39 is 5.97 Å². The maximum atomic E-state index is 10.3. The van der Waals surface area contributed by atoms with Crippen LogP contribution in [0.5, 0.6) is 0 Å². The fourth-order valence-electron chi connectivity index (χ4n) is 2.22. The predicted molar refractivity (Wildman–Crippen MR) is 57.1 cm³/mol. The number of hydrogen-bond acceptors (Lipinski definition) is 1. The van der Waals surface area contributed by atoms with Crippen molar-refractivity contribution in [3.05, 3.63) is 12.2 Å². The van der Waals surface area contributed by atoms with Crippen LogP contribution in [0.15, 0.2) is 12.2 Å². The van der Waals surface area contributed by atoms with E-state index in [1.165, 1.54) is 12.8 Å². The van der Waals surface area contributed by atoms with Crippen molar-refractivity contribution >= 4 is 5.97 Å². The van der Waals surface area contributed by atoms with E-state index in [1.807, 2.05) is 0 Å². The van der Waals surface area contributed by atoms with Gasteiger partial charge in [0.1, 0.15) is 0 Å². The largest absolute Gasteiger partial charge is 0.481 e. The van der Waals surface area contributed by atoms with Crippen LogP contribution in [0.1, 0.15) is 40.0 Å². The first kappa shape index (κ1) is 11.3. The molecule has 0 aromatic carbocycles. The first-order valence-electron chi connectivity index (χ1n) is 5.33. The maximum absolute atomic E-state index is 10.3. The molecule has 0 amide bonds. The minimum atomic E-state index is -0.745. The van der Waals surface area contributed by atoms with Crippen molar-refractivity contribution in [1.29, 1.82) is 0 Å². The molecule has 1 N–H and O–H groups in total. The second-order valence-corrected chi connectivity index (χ2v) is 4.93. The van der Waals surface area contributed by atoms with E-state index >= 15 is 0 Å². The summed E-state index contributed by atoms with van der Waals surface area (Å²) in [4.78, 5) is 10.3. The highest BCUT2D eigenvalue weighted by Crippen LogP contribution is 2.47. The van der Waals surface area contributed by atoms with E-state index in [2.05, 4.69) is 26.8 Å². The molecule has 1 saturated carbocycles. The summed E-state index contributed by atoms with van der Waals surface area (Å²) in [6.45, 7) is 6.84. The summed E-state index contributed by atoms with van der Waals surface area (Å²) in [6.07, 6.45) is 6.50. The molecule has 2 nitrogen and oxygen atoms in total. The van der Waals surface area contributed by atoms with E-state index in [0.29, 0.717) is 11.3 Å². The monoisotopic (exact) mass is 196 g/mol. The van der Waals surface area contributed by atoms with Crippen LogP contribution in [-0.4, -0.2) is 11.1 Å². The van der Waals surface area contributed by atoms with E-state index in [9.17, 15) is 4.79 Å². The summed E-state index contributed by atoms with van der Waals surface area (Å²) in [5.74, 6) is 0.545. The second-order valence-electron chi connectivity index (χ2n) is 4.93. The van der Waals surface area contributed by atoms with Gasteiger partial charge in [0.05, 0.1) is 6.42 Å². The number of carbonyl (C=O) groups is 1. The number of aliphatic carboxylic acids is 1. The van der Waals surface area contributed by atoms with E-state index in [-0.39, 0.29) is 6.42 Å². The summed E-state index contributed by atoms with van der Waals surface area (Å²) in [7, 11) is 0. The van der Waals surface area contributed by atoms with Crippen LogP contribution in [0.2, 0.25) is 0 Å². The van der Waals surface area contributed by atoms with Gasteiger partial charge in [-0.15, -0.1) is 0 Å². The highest BCUT2D eigenvalue weighted by molar-refractivity contribution is 5.68. The minimum absolute atomic E-state index is 0.154. The average Bonchev–Trinajstić information content (AvgIpc) is 2.30. The Balaban J connectivity index is 2.54. The Morgan fingerprint density at radius 1 is 1.50 bits per heavy atom. The van der Waals surface area contributed by atoms with Gasteiger partial charge in [0.2, 0.25) is 0 Å². The molecule has 0 saturated heterocycles. The summed E-state index contributed by atoms with van der Waals surface area (Å²) >= 11 is 0. The van der Waals surface area contributed by atoms with Gasteiger partial charge in [-0.3, -0.25) is 4.79 Å². The molecule has 2 atom stereocenters. The first-order chi connectivity index (χ1) is 6.44. The molecule has 0 aliphatic heterocycles. The molecule has 1 aliphatic rings. The van der Waals surface area contributed by atoms with Crippen molar-refractivity contribution in [2.75, 3.05) is 0 Å². The van der Waals surface area contributed by atoms with Gasteiger partial charge < -0.3 is 5.11 Å². The van der Waals surface area contributed by atoms with Crippen molar-refractivity contribution in [2.24, 2.45) is 17.3 Å². The van der Waals surface area contributed by atoms with Gasteiger partial charge in [0, 0.05) is 0 Å². The van der Waals surface area contributed by atoms with E-state index in [4.69, 9.17) is 5.11 Å². The van der Waals surface area contributed by atoms with Crippen molar-refractivity contribution in [3.8, 4) is 0 Å². The number of carboxylic acids is 1. The van der Waals surface area contributed by atoms with Crippen LogP contribution < -0.4 is 0 Å². The number of carboxylic acid groups (broad SMARTS) is 1. The molecule has 0 spiro atoms. The molecule has 0 aromatic rings. The molecule has 0 bridgehead atoms. The molecule has 0 aromatic heterocycles. The zero-order chi connectivity index (χ0) is 10.8. The molecule has 0 heterocycles. The molecule has 2 unspecified atom stereocenters. The molecule has 1 rings (SSSR count). The number of allylic oxidation sites excluding steroid dienone is 1.